The van der Waals surface area contributed by atoms with E-state index in [-0.39, 0.29) is 41.5 Å². The van der Waals surface area contributed by atoms with Gasteiger partial charge in [-0.1, -0.05) is 16.9 Å². The van der Waals surface area contributed by atoms with Gasteiger partial charge in [-0.2, -0.15) is 0 Å². The van der Waals surface area contributed by atoms with Crippen molar-refractivity contribution in [1.82, 2.24) is 4.90 Å². The summed E-state index contributed by atoms with van der Waals surface area (Å²) in [4.78, 5) is 34.5. The standard InChI is InChI=1S/C14H15N3O6S/c1-9(18)24-12-6-13(15-20)16(7-12)14(19)23-8-10-2-4-11(5-3-10)17(21)22/h2-5,12,20H,6-8H2,1H3/b15-13-/t12-/m0/s1. The zero-order chi connectivity index (χ0) is 17.7. The first-order chi connectivity index (χ1) is 11.4. The van der Waals surface area contributed by atoms with Crippen LogP contribution in [0.4, 0.5) is 10.5 Å². The van der Waals surface area contributed by atoms with E-state index in [2.05, 4.69) is 5.16 Å². The van der Waals surface area contributed by atoms with E-state index in [1.165, 1.54) is 36.1 Å². The zero-order valence-electron chi connectivity index (χ0n) is 12.7. The van der Waals surface area contributed by atoms with E-state index < -0.39 is 11.0 Å². The van der Waals surface area contributed by atoms with E-state index in [1.807, 2.05) is 0 Å². The van der Waals surface area contributed by atoms with E-state index in [4.69, 9.17) is 9.94 Å². The molecule has 1 N–H and O–H groups in total. The zero-order valence-corrected chi connectivity index (χ0v) is 13.6. The minimum absolute atomic E-state index is 0.0524. The molecule has 24 heavy (non-hydrogen) atoms. The van der Waals surface area contributed by atoms with Crippen LogP contribution in [-0.4, -0.2) is 43.9 Å². The molecular weight excluding hydrogens is 338 g/mol. The van der Waals surface area contributed by atoms with E-state index in [0.29, 0.717) is 5.56 Å². The van der Waals surface area contributed by atoms with Crippen LogP contribution >= 0.6 is 11.8 Å². The number of amidine groups is 1. The fraction of sp³-hybridized carbons (Fsp3) is 0.357. The molecule has 0 spiro atoms. The minimum atomic E-state index is -0.701. The average molecular weight is 353 g/mol. The van der Waals surface area contributed by atoms with Crippen LogP contribution in [0.3, 0.4) is 0 Å². The summed E-state index contributed by atoms with van der Waals surface area (Å²) in [5.74, 6) is 0.141. The molecule has 0 bridgehead atoms. The van der Waals surface area contributed by atoms with Crippen LogP contribution in [0, 0.1) is 10.1 Å². The SMILES string of the molecule is CC(=O)S[C@H]1C/C(=N/O)N(C(=O)OCc2ccc([N+](=O)[O-])cc2)C1. The second kappa shape index (κ2) is 7.77. The van der Waals surface area contributed by atoms with Crippen molar-refractivity contribution in [2.75, 3.05) is 6.54 Å². The summed E-state index contributed by atoms with van der Waals surface area (Å²) in [6, 6.07) is 5.62. The Morgan fingerprint density at radius 3 is 2.67 bits per heavy atom. The molecule has 1 aliphatic heterocycles. The number of hydrogen-bond acceptors (Lipinski definition) is 8. The largest absolute Gasteiger partial charge is 0.444 e. The summed E-state index contributed by atoms with van der Waals surface area (Å²) in [6.45, 7) is 1.56. The molecule has 1 atom stereocenters. The van der Waals surface area contributed by atoms with Gasteiger partial charge in [0.2, 0.25) is 0 Å². The summed E-state index contributed by atoms with van der Waals surface area (Å²) in [6.07, 6.45) is -0.416. The molecule has 0 unspecified atom stereocenters. The molecule has 2 rings (SSSR count). The Kier molecular flexibility index (Phi) is 5.74. The lowest BCUT2D eigenvalue weighted by molar-refractivity contribution is -0.384. The first-order valence-corrected chi connectivity index (χ1v) is 7.84. The maximum absolute atomic E-state index is 12.1. The van der Waals surface area contributed by atoms with Crippen LogP contribution in [0.5, 0.6) is 0 Å². The number of amides is 1. The van der Waals surface area contributed by atoms with E-state index in [1.54, 1.807) is 0 Å². The van der Waals surface area contributed by atoms with E-state index >= 15 is 0 Å². The van der Waals surface area contributed by atoms with Crippen molar-refractivity contribution in [2.24, 2.45) is 5.16 Å². The number of hydrogen-bond donors (Lipinski definition) is 1. The van der Waals surface area contributed by atoms with Crippen LogP contribution in [0.1, 0.15) is 18.9 Å². The fourth-order valence-corrected chi connectivity index (χ4v) is 3.14. The molecule has 1 aliphatic rings. The number of ether oxygens (including phenoxy) is 1. The maximum atomic E-state index is 12.1. The lowest BCUT2D eigenvalue weighted by atomic mass is 10.2. The lowest BCUT2D eigenvalue weighted by Gasteiger charge is -2.16. The van der Waals surface area contributed by atoms with Crippen LogP contribution in [0.2, 0.25) is 0 Å². The molecule has 1 saturated heterocycles. The molecule has 1 aromatic rings. The summed E-state index contributed by atoms with van der Waals surface area (Å²) < 4.78 is 5.13. The van der Waals surface area contributed by atoms with Gasteiger partial charge in [-0.05, 0) is 17.7 Å². The second-order valence-corrected chi connectivity index (χ2v) is 6.52. The number of thioether (sulfide) groups is 1. The highest BCUT2D eigenvalue weighted by Crippen LogP contribution is 2.25. The predicted molar refractivity (Wildman–Crippen MR) is 85.9 cm³/mol. The lowest BCUT2D eigenvalue weighted by Crippen LogP contribution is -2.33. The normalized spacial score (nSPS) is 18.6. The quantitative estimate of drug-likeness (QED) is 0.501. The van der Waals surface area contributed by atoms with Crippen LogP contribution in [-0.2, 0) is 16.1 Å². The minimum Gasteiger partial charge on any atom is -0.444 e. The molecule has 1 aromatic carbocycles. The van der Waals surface area contributed by atoms with Gasteiger partial charge in [-0.15, -0.1) is 0 Å². The number of non-ortho nitro benzene ring substituents is 1. The molecule has 0 aliphatic carbocycles. The summed E-state index contributed by atoms with van der Waals surface area (Å²) in [7, 11) is 0. The Morgan fingerprint density at radius 2 is 2.12 bits per heavy atom. The first kappa shape index (κ1) is 17.7. The van der Waals surface area contributed by atoms with Gasteiger partial charge in [0, 0.05) is 37.3 Å². The molecule has 1 amide bonds. The highest BCUT2D eigenvalue weighted by molar-refractivity contribution is 8.14. The van der Waals surface area contributed by atoms with Crippen LogP contribution in [0.15, 0.2) is 29.4 Å². The third-order valence-electron chi connectivity index (χ3n) is 3.29. The Balaban J connectivity index is 1.93. The number of rotatable bonds is 4. The highest BCUT2D eigenvalue weighted by atomic mass is 32.2. The van der Waals surface area contributed by atoms with Gasteiger partial charge in [0.05, 0.1) is 4.92 Å². The van der Waals surface area contributed by atoms with Gasteiger partial charge in [0.25, 0.3) is 5.69 Å². The third-order valence-corrected chi connectivity index (χ3v) is 4.27. The number of likely N-dealkylation sites (tertiary alicyclic amines) is 1. The maximum Gasteiger partial charge on any atom is 0.415 e. The molecule has 0 aromatic heterocycles. The summed E-state index contributed by atoms with van der Waals surface area (Å²) >= 11 is 1.08. The van der Waals surface area contributed by atoms with Gasteiger partial charge in [0.1, 0.15) is 6.61 Å². The Bertz CT molecular complexity index is 676. The molecule has 9 nitrogen and oxygen atoms in total. The molecule has 0 radical (unpaired) electrons. The highest BCUT2D eigenvalue weighted by Gasteiger charge is 2.35. The second-order valence-electron chi connectivity index (χ2n) is 5.04. The topological polar surface area (TPSA) is 122 Å². The van der Waals surface area contributed by atoms with Crippen molar-refractivity contribution < 1.29 is 24.5 Å². The van der Waals surface area contributed by atoms with Crippen LogP contribution < -0.4 is 0 Å². The van der Waals surface area contributed by atoms with Crippen molar-refractivity contribution in [2.45, 2.75) is 25.2 Å². The number of carbonyl (C=O) groups is 2. The number of carbonyl (C=O) groups excluding carboxylic acids is 2. The van der Waals surface area contributed by atoms with Crippen molar-refractivity contribution >= 4 is 34.5 Å². The third kappa shape index (κ3) is 4.44. The van der Waals surface area contributed by atoms with Crippen molar-refractivity contribution in [1.29, 1.82) is 0 Å². The van der Waals surface area contributed by atoms with Crippen LogP contribution in [0.25, 0.3) is 0 Å². The average Bonchev–Trinajstić information content (AvgIpc) is 2.95. The Labute approximate surface area is 141 Å². The van der Waals surface area contributed by atoms with Gasteiger partial charge >= 0.3 is 6.09 Å². The fourth-order valence-electron chi connectivity index (χ4n) is 2.21. The van der Waals surface area contributed by atoms with Crippen molar-refractivity contribution in [3.8, 4) is 0 Å². The van der Waals surface area contributed by atoms with Gasteiger partial charge in [-0.3, -0.25) is 19.8 Å². The molecular formula is C14H15N3O6S. The number of nitrogens with zero attached hydrogens (tertiary/aromatic N) is 3. The van der Waals surface area contributed by atoms with Gasteiger partial charge in [-0.25, -0.2) is 4.79 Å². The van der Waals surface area contributed by atoms with Gasteiger partial charge in [0.15, 0.2) is 11.0 Å². The number of oxime groups is 1. The van der Waals surface area contributed by atoms with E-state index in [9.17, 15) is 19.7 Å². The number of benzene rings is 1. The predicted octanol–water partition coefficient (Wildman–Crippen LogP) is 2.37. The van der Waals surface area contributed by atoms with Crippen molar-refractivity contribution in [3.63, 3.8) is 0 Å². The summed E-state index contributed by atoms with van der Waals surface area (Å²) in [5, 5.41) is 22.4. The summed E-state index contributed by atoms with van der Waals surface area (Å²) in [5.41, 5.74) is 0.536. The molecule has 1 fully saturated rings. The Hall–Kier alpha value is -2.62. The monoisotopic (exact) mass is 353 g/mol. The van der Waals surface area contributed by atoms with E-state index in [0.717, 1.165) is 11.8 Å². The molecule has 1 heterocycles. The van der Waals surface area contributed by atoms with Gasteiger partial charge < -0.3 is 9.94 Å². The number of nitro benzene ring substituents is 1. The molecule has 0 saturated carbocycles. The van der Waals surface area contributed by atoms with Crippen molar-refractivity contribution in [3.05, 3.63) is 39.9 Å². The number of nitro groups is 1. The smallest absolute Gasteiger partial charge is 0.415 e. The molecule has 128 valence electrons. The molecule has 10 heteroatoms. The first-order valence-electron chi connectivity index (χ1n) is 6.96. The Morgan fingerprint density at radius 1 is 1.46 bits per heavy atom.